The lowest BCUT2D eigenvalue weighted by Gasteiger charge is -2.19. The van der Waals surface area contributed by atoms with Crippen molar-refractivity contribution in [1.82, 2.24) is 19.9 Å². The van der Waals surface area contributed by atoms with E-state index in [-0.39, 0.29) is 24.2 Å². The fourth-order valence-corrected chi connectivity index (χ4v) is 3.39. The number of carbonyl (C=O) groups excluding carboxylic acids is 1. The van der Waals surface area contributed by atoms with Gasteiger partial charge in [0.2, 0.25) is 0 Å². The second-order valence-corrected chi connectivity index (χ2v) is 7.65. The van der Waals surface area contributed by atoms with Crippen molar-refractivity contribution in [3.8, 4) is 11.4 Å². The van der Waals surface area contributed by atoms with Crippen molar-refractivity contribution in [1.29, 1.82) is 0 Å². The summed E-state index contributed by atoms with van der Waals surface area (Å²) in [5, 5.41) is 17.7. The van der Waals surface area contributed by atoms with Gasteiger partial charge in [-0.3, -0.25) is 9.59 Å². The minimum Gasteiger partial charge on any atom is -0.491 e. The molecule has 1 aromatic heterocycles. The van der Waals surface area contributed by atoms with Crippen molar-refractivity contribution in [2.45, 2.75) is 46.6 Å². The third-order valence-electron chi connectivity index (χ3n) is 5.03. The highest BCUT2D eigenvalue weighted by Gasteiger charge is 2.43. The summed E-state index contributed by atoms with van der Waals surface area (Å²) in [6.45, 7) is 8.12. The van der Waals surface area contributed by atoms with E-state index in [1.165, 1.54) is 0 Å². The number of likely N-dealkylation sites (tertiary alicyclic amines) is 1. The lowest BCUT2D eigenvalue weighted by molar-refractivity contribution is -0.147. The second kappa shape index (κ2) is 7.61. The molecule has 3 rings (SSSR count). The van der Waals surface area contributed by atoms with Crippen molar-refractivity contribution in [2.24, 2.45) is 5.41 Å². The molecule has 0 saturated carbocycles. The Kier molecular flexibility index (Phi) is 5.40. The molecule has 0 spiro atoms. The number of amides is 1. The second-order valence-electron chi connectivity index (χ2n) is 7.65. The van der Waals surface area contributed by atoms with Crippen LogP contribution in [0.25, 0.3) is 5.69 Å². The van der Waals surface area contributed by atoms with Gasteiger partial charge in [-0.1, -0.05) is 12.1 Å². The fraction of sp³-hybridized carbons (Fsp3) is 0.500. The van der Waals surface area contributed by atoms with Gasteiger partial charge in [-0.15, -0.1) is 5.10 Å². The molecule has 150 valence electrons. The maximum absolute atomic E-state index is 13.0. The molecular weight excluding hydrogens is 360 g/mol. The number of carboxylic acids is 1. The van der Waals surface area contributed by atoms with Gasteiger partial charge in [-0.25, -0.2) is 4.68 Å². The number of carboxylic acid groups (broad SMARTS) is 1. The van der Waals surface area contributed by atoms with Gasteiger partial charge in [0.1, 0.15) is 5.75 Å². The van der Waals surface area contributed by atoms with Crippen LogP contribution in [-0.2, 0) is 11.2 Å². The number of hydrogen-bond donors (Lipinski definition) is 1. The molecule has 0 aliphatic carbocycles. The highest BCUT2D eigenvalue weighted by atomic mass is 16.5. The fourth-order valence-electron chi connectivity index (χ4n) is 3.39. The first-order valence-electron chi connectivity index (χ1n) is 9.49. The summed E-state index contributed by atoms with van der Waals surface area (Å²) in [7, 11) is 0. The van der Waals surface area contributed by atoms with E-state index < -0.39 is 11.4 Å². The summed E-state index contributed by atoms with van der Waals surface area (Å²) in [5.41, 5.74) is 0.854. The van der Waals surface area contributed by atoms with E-state index >= 15 is 0 Å². The van der Waals surface area contributed by atoms with Crippen LogP contribution in [0.4, 0.5) is 0 Å². The first-order valence-corrected chi connectivity index (χ1v) is 9.49. The average Bonchev–Trinajstić information content (AvgIpc) is 3.26. The van der Waals surface area contributed by atoms with Crippen molar-refractivity contribution in [3.05, 3.63) is 35.7 Å². The van der Waals surface area contributed by atoms with Crippen LogP contribution in [0, 0.1) is 5.41 Å². The summed E-state index contributed by atoms with van der Waals surface area (Å²) in [6, 6.07) is 7.46. The average molecular weight is 386 g/mol. The summed E-state index contributed by atoms with van der Waals surface area (Å²) < 4.78 is 7.31. The van der Waals surface area contributed by atoms with Crippen molar-refractivity contribution >= 4 is 11.9 Å². The van der Waals surface area contributed by atoms with Gasteiger partial charge in [-0.2, -0.15) is 0 Å². The number of benzene rings is 1. The molecule has 1 aliphatic heterocycles. The van der Waals surface area contributed by atoms with Crippen LogP contribution in [0.15, 0.2) is 24.3 Å². The van der Waals surface area contributed by atoms with Crippen LogP contribution >= 0.6 is 0 Å². The molecule has 8 nitrogen and oxygen atoms in total. The molecule has 1 unspecified atom stereocenters. The van der Waals surface area contributed by atoms with Crippen LogP contribution in [0.5, 0.6) is 5.75 Å². The Morgan fingerprint density at radius 3 is 2.50 bits per heavy atom. The van der Waals surface area contributed by atoms with Crippen molar-refractivity contribution < 1.29 is 19.4 Å². The minimum atomic E-state index is -0.912. The highest BCUT2D eigenvalue weighted by molar-refractivity contribution is 5.94. The van der Waals surface area contributed by atoms with Gasteiger partial charge in [-0.05, 0) is 57.9 Å². The van der Waals surface area contributed by atoms with Gasteiger partial charge in [0.05, 0.1) is 22.9 Å². The Labute approximate surface area is 164 Å². The van der Waals surface area contributed by atoms with E-state index in [9.17, 15) is 14.7 Å². The Hall–Kier alpha value is -2.90. The number of rotatable bonds is 6. The first kappa shape index (κ1) is 19.9. The van der Waals surface area contributed by atoms with Crippen LogP contribution in [0.3, 0.4) is 0 Å². The molecule has 1 fully saturated rings. The Morgan fingerprint density at radius 2 is 1.96 bits per heavy atom. The third-order valence-corrected chi connectivity index (χ3v) is 5.03. The maximum Gasteiger partial charge on any atom is 0.311 e. The molecule has 0 radical (unpaired) electrons. The maximum atomic E-state index is 13.0. The van der Waals surface area contributed by atoms with E-state index in [0.717, 1.165) is 11.4 Å². The summed E-state index contributed by atoms with van der Waals surface area (Å²) >= 11 is 0. The molecule has 1 N–H and O–H groups in total. The van der Waals surface area contributed by atoms with Gasteiger partial charge >= 0.3 is 5.97 Å². The van der Waals surface area contributed by atoms with Crippen LogP contribution in [0.1, 0.15) is 50.3 Å². The molecule has 1 atom stereocenters. The quantitative estimate of drug-likeness (QED) is 0.819. The molecule has 2 aromatic rings. The van der Waals surface area contributed by atoms with Gasteiger partial charge < -0.3 is 14.7 Å². The summed E-state index contributed by atoms with van der Waals surface area (Å²) in [6.07, 6.45) is 1.09. The topological polar surface area (TPSA) is 97.5 Å². The number of hydrogen-bond acceptors (Lipinski definition) is 5. The predicted molar refractivity (Wildman–Crippen MR) is 103 cm³/mol. The molecule has 1 saturated heterocycles. The van der Waals surface area contributed by atoms with Crippen LogP contribution in [-0.4, -0.2) is 56.1 Å². The van der Waals surface area contributed by atoms with Gasteiger partial charge in [0, 0.05) is 13.1 Å². The molecular formula is C20H26N4O4. The minimum absolute atomic E-state index is 0.0876. The smallest absolute Gasteiger partial charge is 0.311 e. The lowest BCUT2D eigenvalue weighted by Crippen LogP contribution is -2.35. The zero-order valence-corrected chi connectivity index (χ0v) is 16.7. The lowest BCUT2D eigenvalue weighted by atomic mass is 9.90. The molecule has 1 amide bonds. The van der Waals surface area contributed by atoms with E-state index in [4.69, 9.17) is 4.74 Å². The molecule has 28 heavy (non-hydrogen) atoms. The Balaban J connectivity index is 1.84. The highest BCUT2D eigenvalue weighted by Crippen LogP contribution is 2.31. The zero-order chi connectivity index (χ0) is 20.5. The molecule has 0 bridgehead atoms. The molecule has 2 heterocycles. The van der Waals surface area contributed by atoms with Crippen molar-refractivity contribution in [3.63, 3.8) is 0 Å². The summed E-state index contributed by atoms with van der Waals surface area (Å²) in [4.78, 5) is 26.0. The molecule has 1 aliphatic rings. The van der Waals surface area contributed by atoms with Gasteiger partial charge in [0.25, 0.3) is 5.91 Å². The SMILES string of the molecule is CCc1c(C(=O)N2CCC(C)(C(=O)O)C2)nnn1-c1ccc(OC(C)C)cc1. The summed E-state index contributed by atoms with van der Waals surface area (Å²) in [5.74, 6) is -0.392. The number of nitrogens with zero attached hydrogens (tertiary/aromatic N) is 4. The predicted octanol–water partition coefficient (Wildman–Crippen LogP) is 2.55. The molecule has 8 heteroatoms. The van der Waals surface area contributed by atoms with E-state index in [2.05, 4.69) is 10.3 Å². The largest absolute Gasteiger partial charge is 0.491 e. The number of ether oxygens (including phenoxy) is 1. The number of carbonyl (C=O) groups is 2. The standard InChI is InChI=1S/C20H26N4O4/c1-5-16-17(18(25)23-11-10-20(4,12-23)19(26)27)21-22-24(16)14-6-8-15(9-7-14)28-13(2)3/h6-9,13H,5,10-12H2,1-4H3,(H,26,27). The molecule has 1 aromatic carbocycles. The monoisotopic (exact) mass is 386 g/mol. The normalized spacial score (nSPS) is 19.2. The van der Waals surface area contributed by atoms with Gasteiger partial charge in [0.15, 0.2) is 5.69 Å². The van der Waals surface area contributed by atoms with Crippen molar-refractivity contribution in [2.75, 3.05) is 13.1 Å². The number of aliphatic carboxylic acids is 1. The first-order chi connectivity index (χ1) is 13.2. The van der Waals surface area contributed by atoms with E-state index in [0.29, 0.717) is 25.1 Å². The zero-order valence-electron chi connectivity index (χ0n) is 16.7. The van der Waals surface area contributed by atoms with Crippen LogP contribution < -0.4 is 4.74 Å². The Morgan fingerprint density at radius 1 is 1.29 bits per heavy atom. The van der Waals surface area contributed by atoms with E-state index in [1.807, 2.05) is 45.0 Å². The van der Waals surface area contributed by atoms with Crippen LogP contribution in [0.2, 0.25) is 0 Å². The third kappa shape index (κ3) is 3.72. The van der Waals surface area contributed by atoms with E-state index in [1.54, 1.807) is 16.5 Å². The Bertz CT molecular complexity index is 875. The number of aromatic nitrogens is 3.